The van der Waals surface area contributed by atoms with Crippen molar-refractivity contribution in [2.24, 2.45) is 0 Å². The molecular weight excluding hydrogens is 242 g/mol. The molecule has 0 spiro atoms. The van der Waals surface area contributed by atoms with Crippen LogP contribution in [0.3, 0.4) is 0 Å². The van der Waals surface area contributed by atoms with Crippen LogP contribution in [0.5, 0.6) is 0 Å². The Labute approximate surface area is 113 Å². The first kappa shape index (κ1) is 15.0. The molecule has 0 aromatic heterocycles. The Bertz CT molecular complexity index is 440. The third-order valence-electron chi connectivity index (χ3n) is 2.70. The van der Waals surface area contributed by atoms with Crippen molar-refractivity contribution < 1.29 is 14.3 Å². The number of amides is 1. The SMILES string of the molecule is COC(=O)CCCN(C)C(=O)/C=C/c1ccccc1. The molecule has 4 nitrogen and oxygen atoms in total. The van der Waals surface area contributed by atoms with Crippen LogP contribution in [0.1, 0.15) is 18.4 Å². The van der Waals surface area contributed by atoms with Crippen molar-refractivity contribution in [2.75, 3.05) is 20.7 Å². The van der Waals surface area contributed by atoms with Gasteiger partial charge in [0.15, 0.2) is 0 Å². The van der Waals surface area contributed by atoms with E-state index in [-0.39, 0.29) is 11.9 Å². The van der Waals surface area contributed by atoms with Crippen molar-refractivity contribution in [2.45, 2.75) is 12.8 Å². The molecule has 0 saturated carbocycles. The normalized spacial score (nSPS) is 10.4. The summed E-state index contributed by atoms with van der Waals surface area (Å²) in [6.07, 6.45) is 4.25. The zero-order valence-corrected chi connectivity index (χ0v) is 11.3. The number of carbonyl (C=O) groups excluding carboxylic acids is 2. The van der Waals surface area contributed by atoms with Crippen LogP contribution in [0.25, 0.3) is 6.08 Å². The predicted octanol–water partition coefficient (Wildman–Crippen LogP) is 2.11. The van der Waals surface area contributed by atoms with E-state index < -0.39 is 0 Å². The van der Waals surface area contributed by atoms with Gasteiger partial charge in [-0.1, -0.05) is 30.3 Å². The first-order valence-corrected chi connectivity index (χ1v) is 6.18. The summed E-state index contributed by atoms with van der Waals surface area (Å²) >= 11 is 0. The van der Waals surface area contributed by atoms with E-state index in [1.807, 2.05) is 30.3 Å². The van der Waals surface area contributed by atoms with E-state index in [1.165, 1.54) is 13.2 Å². The molecule has 0 heterocycles. The highest BCUT2D eigenvalue weighted by Gasteiger charge is 2.06. The van der Waals surface area contributed by atoms with Crippen molar-refractivity contribution in [1.82, 2.24) is 4.90 Å². The van der Waals surface area contributed by atoms with E-state index >= 15 is 0 Å². The Balaban J connectivity index is 2.36. The highest BCUT2D eigenvalue weighted by atomic mass is 16.5. The molecule has 1 rings (SSSR count). The molecule has 0 N–H and O–H groups in total. The summed E-state index contributed by atoms with van der Waals surface area (Å²) in [7, 11) is 3.08. The van der Waals surface area contributed by atoms with Crippen molar-refractivity contribution in [1.29, 1.82) is 0 Å². The molecule has 1 aromatic rings. The molecular formula is C15H19NO3. The van der Waals surface area contributed by atoms with Crippen LogP contribution < -0.4 is 0 Å². The molecule has 0 radical (unpaired) electrons. The average Bonchev–Trinajstić information content (AvgIpc) is 2.45. The lowest BCUT2D eigenvalue weighted by Crippen LogP contribution is -2.26. The van der Waals surface area contributed by atoms with Gasteiger partial charge < -0.3 is 9.64 Å². The summed E-state index contributed by atoms with van der Waals surface area (Å²) in [6, 6.07) is 9.63. The molecule has 1 amide bonds. The number of ether oxygens (including phenoxy) is 1. The van der Waals surface area contributed by atoms with Crippen LogP contribution in [0.4, 0.5) is 0 Å². The minimum absolute atomic E-state index is 0.0753. The lowest BCUT2D eigenvalue weighted by Gasteiger charge is -2.14. The van der Waals surface area contributed by atoms with Crippen LogP contribution in [0.2, 0.25) is 0 Å². The largest absolute Gasteiger partial charge is 0.469 e. The summed E-state index contributed by atoms with van der Waals surface area (Å²) in [6.45, 7) is 0.535. The van der Waals surface area contributed by atoms with E-state index in [2.05, 4.69) is 4.74 Å². The van der Waals surface area contributed by atoms with Gasteiger partial charge in [-0.15, -0.1) is 0 Å². The van der Waals surface area contributed by atoms with Crippen molar-refractivity contribution in [3.8, 4) is 0 Å². The second kappa shape index (κ2) is 8.08. The lowest BCUT2D eigenvalue weighted by molar-refractivity contribution is -0.141. The monoisotopic (exact) mass is 261 g/mol. The maximum absolute atomic E-state index is 11.8. The van der Waals surface area contributed by atoms with Crippen LogP contribution in [-0.4, -0.2) is 37.5 Å². The van der Waals surface area contributed by atoms with E-state index in [0.29, 0.717) is 19.4 Å². The number of hydrogen-bond donors (Lipinski definition) is 0. The van der Waals surface area contributed by atoms with Gasteiger partial charge >= 0.3 is 5.97 Å². The van der Waals surface area contributed by atoms with Gasteiger partial charge in [0, 0.05) is 26.1 Å². The molecule has 0 aliphatic rings. The molecule has 0 saturated heterocycles. The molecule has 0 unspecified atom stereocenters. The van der Waals surface area contributed by atoms with Crippen molar-refractivity contribution in [3.63, 3.8) is 0 Å². The molecule has 19 heavy (non-hydrogen) atoms. The van der Waals surface area contributed by atoms with E-state index in [4.69, 9.17) is 0 Å². The molecule has 0 aliphatic heterocycles. The second-order valence-electron chi connectivity index (χ2n) is 4.18. The van der Waals surface area contributed by atoms with Crippen molar-refractivity contribution >= 4 is 18.0 Å². The Morgan fingerprint density at radius 3 is 2.58 bits per heavy atom. The van der Waals surface area contributed by atoms with Crippen LogP contribution in [0.15, 0.2) is 36.4 Å². The number of benzene rings is 1. The maximum Gasteiger partial charge on any atom is 0.305 e. The third-order valence-corrected chi connectivity index (χ3v) is 2.70. The quantitative estimate of drug-likeness (QED) is 0.582. The topological polar surface area (TPSA) is 46.6 Å². The number of rotatable bonds is 6. The van der Waals surface area contributed by atoms with Gasteiger partial charge in [-0.05, 0) is 18.1 Å². The van der Waals surface area contributed by atoms with Gasteiger partial charge in [-0.25, -0.2) is 0 Å². The van der Waals surface area contributed by atoms with Crippen LogP contribution in [0, 0.1) is 0 Å². The number of esters is 1. The molecule has 4 heteroatoms. The fourth-order valence-corrected chi connectivity index (χ4v) is 1.53. The van der Waals surface area contributed by atoms with Gasteiger partial charge in [0.25, 0.3) is 0 Å². The highest BCUT2D eigenvalue weighted by Crippen LogP contribution is 2.02. The van der Waals surface area contributed by atoms with E-state index in [0.717, 1.165) is 5.56 Å². The van der Waals surface area contributed by atoms with Crippen molar-refractivity contribution in [3.05, 3.63) is 42.0 Å². The van der Waals surface area contributed by atoms with E-state index in [1.54, 1.807) is 18.0 Å². The second-order valence-corrected chi connectivity index (χ2v) is 4.18. The number of likely N-dealkylation sites (N-methyl/N-ethyl adjacent to an activating group) is 1. The van der Waals surface area contributed by atoms with Crippen LogP contribution in [-0.2, 0) is 14.3 Å². The minimum Gasteiger partial charge on any atom is -0.469 e. The first-order valence-electron chi connectivity index (χ1n) is 6.18. The molecule has 0 atom stereocenters. The van der Waals surface area contributed by atoms with Gasteiger partial charge in [-0.3, -0.25) is 9.59 Å². The summed E-state index contributed by atoms with van der Waals surface area (Å²) < 4.78 is 4.54. The molecule has 0 bridgehead atoms. The molecule has 0 aliphatic carbocycles. The third kappa shape index (κ3) is 5.86. The molecule has 1 aromatic carbocycles. The van der Waals surface area contributed by atoms with Gasteiger partial charge in [-0.2, -0.15) is 0 Å². The number of methoxy groups -OCH3 is 1. The maximum atomic E-state index is 11.8. The standard InChI is InChI=1S/C15H19NO3/c1-16(12-6-9-15(18)19-2)14(17)11-10-13-7-4-3-5-8-13/h3-5,7-8,10-11H,6,9,12H2,1-2H3/b11-10+. The summed E-state index contributed by atoms with van der Waals surface area (Å²) in [5, 5.41) is 0. The van der Waals surface area contributed by atoms with Gasteiger partial charge in [0.1, 0.15) is 0 Å². The first-order chi connectivity index (χ1) is 9.13. The van der Waals surface area contributed by atoms with Crippen LogP contribution >= 0.6 is 0 Å². The number of hydrogen-bond acceptors (Lipinski definition) is 3. The Hall–Kier alpha value is -2.10. The van der Waals surface area contributed by atoms with Gasteiger partial charge in [0.05, 0.1) is 7.11 Å². The average molecular weight is 261 g/mol. The fraction of sp³-hybridized carbons (Fsp3) is 0.333. The smallest absolute Gasteiger partial charge is 0.305 e. The molecule has 0 fully saturated rings. The van der Waals surface area contributed by atoms with E-state index in [9.17, 15) is 9.59 Å². The lowest BCUT2D eigenvalue weighted by atomic mass is 10.2. The summed E-state index contributed by atoms with van der Waals surface area (Å²) in [5.74, 6) is -0.325. The minimum atomic E-state index is -0.249. The highest BCUT2D eigenvalue weighted by molar-refractivity contribution is 5.91. The Morgan fingerprint density at radius 1 is 1.26 bits per heavy atom. The van der Waals surface area contributed by atoms with Gasteiger partial charge in [0.2, 0.25) is 5.91 Å². The zero-order valence-electron chi connectivity index (χ0n) is 11.3. The Kier molecular flexibility index (Phi) is 6.36. The predicted molar refractivity (Wildman–Crippen MR) is 74.4 cm³/mol. The number of nitrogens with zero attached hydrogens (tertiary/aromatic N) is 1. The molecule has 102 valence electrons. The zero-order chi connectivity index (χ0) is 14.1. The summed E-state index contributed by atoms with van der Waals surface area (Å²) in [4.78, 5) is 24.3. The summed E-state index contributed by atoms with van der Waals surface area (Å²) in [5.41, 5.74) is 0.985. The Morgan fingerprint density at radius 2 is 1.95 bits per heavy atom. The fourth-order valence-electron chi connectivity index (χ4n) is 1.53. The number of carbonyl (C=O) groups is 2.